The van der Waals surface area contributed by atoms with Crippen molar-refractivity contribution in [1.82, 2.24) is 24.7 Å². The highest BCUT2D eigenvalue weighted by atomic mass is 19.1. The average Bonchev–Trinajstić information content (AvgIpc) is 3.21. The number of piperidine rings is 1. The van der Waals surface area contributed by atoms with Gasteiger partial charge in [0.2, 0.25) is 0 Å². The smallest absolute Gasteiger partial charge is 0.256 e. The minimum Gasteiger partial charge on any atom is -0.339 e. The molecule has 2 fully saturated rings. The fourth-order valence-corrected chi connectivity index (χ4v) is 5.80. The third-order valence-corrected chi connectivity index (χ3v) is 8.04. The maximum absolute atomic E-state index is 14.3. The summed E-state index contributed by atoms with van der Waals surface area (Å²) in [6, 6.07) is 4.52. The van der Waals surface area contributed by atoms with E-state index in [1.165, 1.54) is 42.5 Å². The van der Waals surface area contributed by atoms with Gasteiger partial charge in [-0.15, -0.1) is 0 Å². The lowest BCUT2D eigenvalue weighted by molar-refractivity contribution is 0.0749. The van der Waals surface area contributed by atoms with Crippen molar-refractivity contribution >= 4 is 16.8 Å². The number of nitrogens with one attached hydrogen (secondary N) is 1. The summed E-state index contributed by atoms with van der Waals surface area (Å²) in [5.41, 5.74) is 4.42. The number of fused-ring (bicyclic) bond motifs is 1. The van der Waals surface area contributed by atoms with Crippen molar-refractivity contribution in [3.63, 3.8) is 0 Å². The van der Waals surface area contributed by atoms with E-state index < -0.39 is 5.82 Å². The van der Waals surface area contributed by atoms with Crippen LogP contribution >= 0.6 is 0 Å². The molecule has 2 aromatic heterocycles. The molecule has 3 aromatic rings. The molecule has 0 spiro atoms. The van der Waals surface area contributed by atoms with E-state index in [1.54, 1.807) is 18.0 Å². The van der Waals surface area contributed by atoms with Gasteiger partial charge < -0.3 is 19.7 Å². The first-order chi connectivity index (χ1) is 17.3. The van der Waals surface area contributed by atoms with Crippen molar-refractivity contribution in [3.05, 3.63) is 59.3 Å². The van der Waals surface area contributed by atoms with Crippen molar-refractivity contribution in [2.24, 2.45) is 11.8 Å². The largest absolute Gasteiger partial charge is 0.339 e. The molecule has 0 radical (unpaired) electrons. The number of pyridine rings is 1. The van der Waals surface area contributed by atoms with Crippen LogP contribution in [0.4, 0.5) is 4.39 Å². The van der Waals surface area contributed by atoms with Crippen molar-refractivity contribution in [2.45, 2.75) is 46.1 Å². The SMILES string of the molecule is Cc1cncc2c1c(CC1CN(CC3CCNCC3)C1)cn2-c1ccc(F)cc1C(=O)N(C)C(C)C. The van der Waals surface area contributed by atoms with Crippen LogP contribution in [0.5, 0.6) is 0 Å². The zero-order valence-corrected chi connectivity index (χ0v) is 21.9. The first kappa shape index (κ1) is 24.9. The second-order valence-electron chi connectivity index (χ2n) is 11.0. The maximum atomic E-state index is 14.3. The highest BCUT2D eigenvalue weighted by Crippen LogP contribution is 2.33. The fourth-order valence-electron chi connectivity index (χ4n) is 5.80. The van der Waals surface area contributed by atoms with Gasteiger partial charge in [-0.2, -0.15) is 0 Å². The first-order valence-electron chi connectivity index (χ1n) is 13.3. The lowest BCUT2D eigenvalue weighted by Gasteiger charge is -2.42. The standard InChI is InChI=1S/C29H38FN5O/c1-19(2)33(4)29(36)25-12-24(30)5-6-26(25)35-18-23(28-20(3)13-32-14-27(28)35)11-22-16-34(17-22)15-21-7-9-31-10-8-21/h5-6,12-14,18-19,21-22,31H,7-11,15-17H2,1-4H3. The van der Waals surface area contributed by atoms with Gasteiger partial charge in [-0.1, -0.05) is 0 Å². The van der Waals surface area contributed by atoms with Crippen LogP contribution in [0, 0.1) is 24.6 Å². The fraction of sp³-hybridized carbons (Fsp3) is 0.517. The number of hydrogen-bond donors (Lipinski definition) is 1. The number of aryl methyl sites for hydroxylation is 1. The number of aromatic nitrogens is 2. The lowest BCUT2D eigenvalue weighted by atomic mass is 9.89. The summed E-state index contributed by atoms with van der Waals surface area (Å²) in [6.07, 6.45) is 9.47. The number of nitrogens with zero attached hydrogens (tertiary/aromatic N) is 4. The molecule has 1 amide bonds. The molecule has 1 N–H and O–H groups in total. The zero-order valence-electron chi connectivity index (χ0n) is 21.9. The zero-order chi connectivity index (χ0) is 25.4. The summed E-state index contributed by atoms with van der Waals surface area (Å²) in [5, 5.41) is 4.65. The predicted molar refractivity (Wildman–Crippen MR) is 142 cm³/mol. The van der Waals surface area contributed by atoms with Crippen molar-refractivity contribution in [1.29, 1.82) is 0 Å². The van der Waals surface area contributed by atoms with Gasteiger partial charge in [-0.25, -0.2) is 4.39 Å². The Kier molecular flexibility index (Phi) is 7.13. The van der Waals surface area contributed by atoms with Gasteiger partial charge in [-0.3, -0.25) is 9.78 Å². The number of rotatable bonds is 7. The molecule has 0 atom stereocenters. The lowest BCUT2D eigenvalue weighted by Crippen LogP contribution is -2.50. The van der Waals surface area contributed by atoms with E-state index in [0.717, 1.165) is 49.6 Å². The average molecular weight is 492 g/mol. The Hall–Kier alpha value is -2.77. The minimum atomic E-state index is -0.409. The number of carbonyl (C=O) groups is 1. The third-order valence-electron chi connectivity index (χ3n) is 8.04. The molecule has 0 aliphatic carbocycles. The molecule has 6 nitrogen and oxygen atoms in total. The summed E-state index contributed by atoms with van der Waals surface area (Å²) in [7, 11) is 1.76. The van der Waals surface area contributed by atoms with Gasteiger partial charge in [-0.05, 0) is 94.3 Å². The van der Waals surface area contributed by atoms with Gasteiger partial charge in [0.05, 0.1) is 23.0 Å². The van der Waals surface area contributed by atoms with Gasteiger partial charge in [0, 0.05) is 50.5 Å². The molecule has 0 bridgehead atoms. The highest BCUT2D eigenvalue weighted by Gasteiger charge is 2.30. The van der Waals surface area contributed by atoms with Gasteiger partial charge in [0.25, 0.3) is 5.91 Å². The van der Waals surface area contributed by atoms with Crippen molar-refractivity contribution in [2.75, 3.05) is 39.8 Å². The molecule has 2 aliphatic heterocycles. The second-order valence-corrected chi connectivity index (χ2v) is 11.0. The summed E-state index contributed by atoms with van der Waals surface area (Å²) in [6.45, 7) is 11.8. The molecule has 0 unspecified atom stereocenters. The van der Waals surface area contributed by atoms with Crippen LogP contribution in [0.25, 0.3) is 16.6 Å². The van der Waals surface area contributed by atoms with E-state index in [0.29, 0.717) is 17.2 Å². The number of halogens is 1. The van der Waals surface area contributed by atoms with E-state index >= 15 is 0 Å². The number of amides is 1. The molecular formula is C29H38FN5O. The number of carbonyl (C=O) groups excluding carboxylic acids is 1. The number of benzene rings is 1. The van der Waals surface area contributed by atoms with Crippen LogP contribution in [-0.2, 0) is 6.42 Å². The molecular weight excluding hydrogens is 453 g/mol. The first-order valence-corrected chi connectivity index (χ1v) is 13.3. The molecule has 36 heavy (non-hydrogen) atoms. The number of hydrogen-bond acceptors (Lipinski definition) is 4. The van der Waals surface area contributed by atoms with Crippen LogP contribution in [0.3, 0.4) is 0 Å². The van der Waals surface area contributed by atoms with Crippen LogP contribution < -0.4 is 5.32 Å². The molecule has 2 saturated heterocycles. The van der Waals surface area contributed by atoms with E-state index in [1.807, 2.05) is 30.8 Å². The summed E-state index contributed by atoms with van der Waals surface area (Å²) in [4.78, 5) is 22.0. The summed E-state index contributed by atoms with van der Waals surface area (Å²) >= 11 is 0. The number of likely N-dealkylation sites (tertiary alicyclic amines) is 1. The minimum absolute atomic E-state index is 0.0148. The normalized spacial score (nSPS) is 17.6. The summed E-state index contributed by atoms with van der Waals surface area (Å²) in [5.74, 6) is 0.852. The molecule has 192 valence electrons. The molecule has 4 heterocycles. The van der Waals surface area contributed by atoms with Crippen LogP contribution in [-0.4, -0.2) is 71.1 Å². The topological polar surface area (TPSA) is 53.4 Å². The Bertz CT molecular complexity index is 1240. The Morgan fingerprint density at radius 3 is 2.67 bits per heavy atom. The van der Waals surface area contributed by atoms with Crippen LogP contribution in [0.1, 0.15) is 48.2 Å². The summed E-state index contributed by atoms with van der Waals surface area (Å²) < 4.78 is 16.3. The molecule has 5 rings (SSSR count). The van der Waals surface area contributed by atoms with E-state index in [4.69, 9.17) is 0 Å². The molecule has 7 heteroatoms. The Labute approximate surface area is 213 Å². The monoisotopic (exact) mass is 491 g/mol. The highest BCUT2D eigenvalue weighted by molar-refractivity contribution is 5.99. The molecule has 2 aliphatic rings. The quantitative estimate of drug-likeness (QED) is 0.531. The Morgan fingerprint density at radius 1 is 1.19 bits per heavy atom. The van der Waals surface area contributed by atoms with Crippen LogP contribution in [0.2, 0.25) is 0 Å². The van der Waals surface area contributed by atoms with Gasteiger partial charge in [0.1, 0.15) is 5.82 Å². The van der Waals surface area contributed by atoms with E-state index in [-0.39, 0.29) is 11.9 Å². The third kappa shape index (κ3) is 4.91. The molecule has 1 aromatic carbocycles. The van der Waals surface area contributed by atoms with Gasteiger partial charge >= 0.3 is 0 Å². The van der Waals surface area contributed by atoms with Crippen molar-refractivity contribution < 1.29 is 9.18 Å². The predicted octanol–water partition coefficient (Wildman–Crippen LogP) is 4.43. The Morgan fingerprint density at radius 2 is 1.94 bits per heavy atom. The van der Waals surface area contributed by atoms with Gasteiger partial charge in [0.15, 0.2) is 0 Å². The van der Waals surface area contributed by atoms with E-state index in [9.17, 15) is 9.18 Å². The van der Waals surface area contributed by atoms with Crippen LogP contribution in [0.15, 0.2) is 36.8 Å². The van der Waals surface area contributed by atoms with Crippen molar-refractivity contribution in [3.8, 4) is 5.69 Å². The van der Waals surface area contributed by atoms with E-state index in [2.05, 4.69) is 28.3 Å². The molecule has 0 saturated carbocycles. The second kappa shape index (κ2) is 10.3. The Balaban J connectivity index is 1.43. The maximum Gasteiger partial charge on any atom is 0.256 e.